The van der Waals surface area contributed by atoms with Gasteiger partial charge in [0, 0.05) is 17.2 Å². The Labute approximate surface area is 178 Å². The van der Waals surface area contributed by atoms with Crippen molar-refractivity contribution in [3.8, 4) is 11.3 Å². The van der Waals surface area contributed by atoms with E-state index in [1.807, 2.05) is 0 Å². The first kappa shape index (κ1) is 20.3. The lowest BCUT2D eigenvalue weighted by atomic mass is 10.0. The van der Waals surface area contributed by atoms with Gasteiger partial charge >= 0.3 is 0 Å². The summed E-state index contributed by atoms with van der Waals surface area (Å²) in [6, 6.07) is 19.0. The molecule has 0 amide bonds. The van der Waals surface area contributed by atoms with Crippen LogP contribution in [0.5, 0.6) is 0 Å². The number of nitrogens with zero attached hydrogens (tertiary/aromatic N) is 1. The minimum atomic E-state index is -1.73. The van der Waals surface area contributed by atoms with Crippen LogP contribution < -0.4 is 25.3 Å². The topological polar surface area (TPSA) is 3.88 Å². The van der Waals surface area contributed by atoms with Crippen LogP contribution in [0.1, 0.15) is 30.9 Å². The van der Waals surface area contributed by atoms with Crippen molar-refractivity contribution in [2.75, 3.05) is 0 Å². The van der Waals surface area contributed by atoms with Crippen LogP contribution >= 0.6 is 0 Å². The van der Waals surface area contributed by atoms with Crippen molar-refractivity contribution in [1.29, 1.82) is 0 Å². The highest BCUT2D eigenvalue weighted by molar-refractivity contribution is 7.16. The van der Waals surface area contributed by atoms with Crippen LogP contribution in [0.15, 0.2) is 54.7 Å². The molecule has 2 heterocycles. The Morgan fingerprint density at radius 2 is 1.31 bits per heavy atom. The van der Waals surface area contributed by atoms with Gasteiger partial charge in [0.15, 0.2) is 6.20 Å². The summed E-state index contributed by atoms with van der Waals surface area (Å²) in [7, 11) is -1.22. The highest BCUT2D eigenvalue weighted by atomic mass is 28.3. The molecule has 3 aromatic rings. The van der Waals surface area contributed by atoms with Gasteiger partial charge in [0.25, 0.3) is 0 Å². The van der Waals surface area contributed by atoms with Crippen LogP contribution in [0.3, 0.4) is 0 Å². The molecule has 0 atom stereocenters. The molecule has 1 aromatic heterocycles. The Morgan fingerprint density at radius 3 is 1.83 bits per heavy atom. The molecule has 1 aliphatic rings. The summed E-state index contributed by atoms with van der Waals surface area (Å²) in [5.74, 6) is 0.550. The van der Waals surface area contributed by atoms with Gasteiger partial charge in [-0.3, -0.25) is 0 Å². The Hall–Kier alpha value is -1.98. The summed E-state index contributed by atoms with van der Waals surface area (Å²) in [4.78, 5) is 0. The third-order valence-electron chi connectivity index (χ3n) is 7.08. The van der Waals surface area contributed by atoms with E-state index in [4.69, 9.17) is 0 Å². The molecule has 0 spiro atoms. The molecule has 0 bridgehead atoms. The molecule has 3 heteroatoms. The highest BCUT2D eigenvalue weighted by Gasteiger charge is 2.44. The quantitative estimate of drug-likeness (QED) is 0.444. The minimum Gasteiger partial charge on any atom is -0.201 e. The van der Waals surface area contributed by atoms with Crippen molar-refractivity contribution in [1.82, 2.24) is 0 Å². The minimum absolute atomic E-state index is 0.550. The maximum absolute atomic E-state index is 2.56. The second kappa shape index (κ2) is 6.78. The molecular weight excluding hydrogens is 382 g/mol. The largest absolute Gasteiger partial charge is 0.212 e. The SMILES string of the molecule is Cc1cc2c(cc1-c1ccc(C(C)C)c[n+]1C)[Si](C)(C)c1ccccc1[Si]2(C)C. The Bertz CT molecular complexity index is 1110. The number of aryl methyl sites for hydroxylation is 2. The first-order chi connectivity index (χ1) is 13.5. The average Bonchev–Trinajstić information content (AvgIpc) is 2.67. The highest BCUT2D eigenvalue weighted by Crippen LogP contribution is 2.24. The maximum atomic E-state index is 2.56. The predicted molar refractivity (Wildman–Crippen MR) is 132 cm³/mol. The second-order valence-electron chi connectivity index (χ2n) is 10.1. The molecule has 0 radical (unpaired) electrons. The van der Waals surface area contributed by atoms with E-state index in [1.165, 1.54) is 22.4 Å². The fraction of sp³-hybridized carbons (Fsp3) is 0.346. The van der Waals surface area contributed by atoms with E-state index in [0.717, 1.165) is 0 Å². The van der Waals surface area contributed by atoms with E-state index in [0.29, 0.717) is 5.92 Å². The molecule has 0 saturated heterocycles. The van der Waals surface area contributed by atoms with Crippen molar-refractivity contribution < 1.29 is 4.57 Å². The predicted octanol–water partition coefficient (Wildman–Crippen LogP) is 3.57. The lowest BCUT2D eigenvalue weighted by molar-refractivity contribution is -0.660. The van der Waals surface area contributed by atoms with Gasteiger partial charge in [-0.25, -0.2) is 4.57 Å². The van der Waals surface area contributed by atoms with E-state index < -0.39 is 16.1 Å². The molecule has 150 valence electrons. The van der Waals surface area contributed by atoms with E-state index in [2.05, 4.69) is 113 Å². The zero-order chi connectivity index (χ0) is 21.1. The van der Waals surface area contributed by atoms with Gasteiger partial charge in [-0.2, -0.15) is 0 Å². The first-order valence-corrected chi connectivity index (χ1v) is 16.8. The van der Waals surface area contributed by atoms with Gasteiger partial charge in [0.05, 0.1) is 0 Å². The standard InChI is InChI=1S/C26H34NSi2/c1-18(2)20-13-14-22(27(4)17-20)21-16-26-25(15-19(21)3)28(5,6)23-11-9-10-12-24(23)29(26,7)8/h9-18H,1-8H3/q+1. The summed E-state index contributed by atoms with van der Waals surface area (Å²) in [6.07, 6.45) is 2.30. The molecular formula is C26H34NSi2+. The third kappa shape index (κ3) is 3.06. The fourth-order valence-corrected chi connectivity index (χ4v) is 14.6. The molecule has 4 rings (SSSR count). The van der Waals surface area contributed by atoms with Crippen LogP contribution in [0.2, 0.25) is 26.2 Å². The Balaban J connectivity index is 1.96. The number of rotatable bonds is 2. The number of pyridine rings is 1. The molecule has 1 nitrogen and oxygen atoms in total. The molecule has 2 aromatic carbocycles. The smallest absolute Gasteiger partial charge is 0.201 e. The van der Waals surface area contributed by atoms with Crippen LogP contribution in [0.4, 0.5) is 0 Å². The molecule has 0 N–H and O–H groups in total. The third-order valence-corrected chi connectivity index (χ3v) is 14.7. The van der Waals surface area contributed by atoms with Crippen LogP contribution in [0.25, 0.3) is 11.3 Å². The van der Waals surface area contributed by atoms with E-state index in [-0.39, 0.29) is 0 Å². The molecule has 0 fully saturated rings. The number of hydrogen-bond donors (Lipinski definition) is 0. The van der Waals surface area contributed by atoms with Crippen molar-refractivity contribution >= 4 is 36.9 Å². The number of hydrogen-bond acceptors (Lipinski definition) is 0. The summed E-state index contributed by atoms with van der Waals surface area (Å²) in [5.41, 5.74) is 5.51. The van der Waals surface area contributed by atoms with Crippen LogP contribution in [-0.4, -0.2) is 16.1 Å². The zero-order valence-corrected chi connectivity index (χ0v) is 21.2. The number of benzene rings is 2. The summed E-state index contributed by atoms with van der Waals surface area (Å²) < 4.78 is 2.32. The van der Waals surface area contributed by atoms with Gasteiger partial charge in [0.2, 0.25) is 5.69 Å². The van der Waals surface area contributed by atoms with Gasteiger partial charge in [-0.1, -0.05) is 91.1 Å². The molecule has 1 aliphatic heterocycles. The second-order valence-corrected chi connectivity index (χ2v) is 18.8. The molecule has 0 aliphatic carbocycles. The van der Waals surface area contributed by atoms with Crippen molar-refractivity contribution in [2.45, 2.75) is 52.9 Å². The van der Waals surface area contributed by atoms with E-state index in [1.54, 1.807) is 20.7 Å². The van der Waals surface area contributed by atoms with E-state index in [9.17, 15) is 0 Å². The number of fused-ring (bicyclic) bond motifs is 2. The van der Waals surface area contributed by atoms with Crippen molar-refractivity contribution in [3.63, 3.8) is 0 Å². The van der Waals surface area contributed by atoms with Gasteiger partial charge in [-0.15, -0.1) is 0 Å². The van der Waals surface area contributed by atoms with Gasteiger partial charge < -0.3 is 0 Å². The Morgan fingerprint density at radius 1 is 0.759 bits per heavy atom. The van der Waals surface area contributed by atoms with E-state index >= 15 is 0 Å². The van der Waals surface area contributed by atoms with Crippen LogP contribution in [0, 0.1) is 6.92 Å². The summed E-state index contributed by atoms with van der Waals surface area (Å²) in [6.45, 7) is 17.0. The van der Waals surface area contributed by atoms with Crippen molar-refractivity contribution in [3.05, 3.63) is 65.9 Å². The molecule has 29 heavy (non-hydrogen) atoms. The zero-order valence-electron chi connectivity index (χ0n) is 19.2. The Kier molecular flexibility index (Phi) is 4.75. The normalized spacial score (nSPS) is 16.4. The fourth-order valence-electron chi connectivity index (χ4n) is 5.13. The average molecular weight is 417 g/mol. The molecule has 0 unspecified atom stereocenters. The van der Waals surface area contributed by atoms with Gasteiger partial charge in [0.1, 0.15) is 23.2 Å². The lowest BCUT2D eigenvalue weighted by Crippen LogP contribution is -2.77. The monoisotopic (exact) mass is 416 g/mol. The summed E-state index contributed by atoms with van der Waals surface area (Å²) >= 11 is 0. The summed E-state index contributed by atoms with van der Waals surface area (Å²) in [5, 5.41) is 6.62. The van der Waals surface area contributed by atoms with Gasteiger partial charge in [-0.05, 0) is 30.5 Å². The number of aromatic nitrogens is 1. The first-order valence-electron chi connectivity index (χ1n) is 10.8. The van der Waals surface area contributed by atoms with Crippen molar-refractivity contribution in [2.24, 2.45) is 7.05 Å². The molecule has 0 saturated carbocycles. The maximum Gasteiger partial charge on any atom is 0.212 e. The van der Waals surface area contributed by atoms with Crippen LogP contribution in [-0.2, 0) is 7.05 Å². The lowest BCUT2D eigenvalue weighted by Gasteiger charge is -2.42.